The Labute approximate surface area is 156 Å². The second-order valence-electron chi connectivity index (χ2n) is 6.64. The van der Waals surface area contributed by atoms with E-state index in [0.717, 1.165) is 11.3 Å². The van der Waals surface area contributed by atoms with E-state index in [1.165, 1.54) is 12.1 Å². The third-order valence-electron chi connectivity index (χ3n) is 3.94. The lowest BCUT2D eigenvalue weighted by Gasteiger charge is -2.13. The lowest BCUT2D eigenvalue weighted by atomic mass is 9.99. The van der Waals surface area contributed by atoms with Crippen LogP contribution < -0.4 is 5.56 Å². The Morgan fingerprint density at radius 2 is 2.00 bits per heavy atom. The molecule has 0 aliphatic rings. The molecule has 4 nitrogen and oxygen atoms in total. The minimum absolute atomic E-state index is 0.170. The fourth-order valence-electron chi connectivity index (χ4n) is 2.85. The number of halogens is 2. The number of aryl methyl sites for hydroxylation is 1. The van der Waals surface area contributed by atoms with E-state index in [0.29, 0.717) is 23.9 Å². The Hall–Kier alpha value is -2.53. The van der Waals surface area contributed by atoms with Crippen LogP contribution in [-0.2, 0) is 6.42 Å². The van der Waals surface area contributed by atoms with E-state index in [4.69, 9.17) is 11.6 Å². The first-order valence-electron chi connectivity index (χ1n) is 8.37. The van der Waals surface area contributed by atoms with E-state index in [2.05, 4.69) is 15.0 Å². The van der Waals surface area contributed by atoms with E-state index in [-0.39, 0.29) is 21.7 Å². The third kappa shape index (κ3) is 3.83. The molecule has 0 aliphatic carbocycles. The quantitative estimate of drug-likeness (QED) is 0.716. The van der Waals surface area contributed by atoms with Crippen LogP contribution in [-0.4, -0.2) is 15.0 Å². The van der Waals surface area contributed by atoms with Crippen molar-refractivity contribution >= 4 is 11.6 Å². The van der Waals surface area contributed by atoms with Crippen molar-refractivity contribution in [3.8, 4) is 22.4 Å². The summed E-state index contributed by atoms with van der Waals surface area (Å²) in [6, 6.07) is 7.86. The van der Waals surface area contributed by atoms with Crippen LogP contribution in [0.5, 0.6) is 0 Å². The van der Waals surface area contributed by atoms with Crippen molar-refractivity contribution in [2.45, 2.75) is 27.2 Å². The highest BCUT2D eigenvalue weighted by atomic mass is 35.5. The molecule has 2 aromatic heterocycles. The van der Waals surface area contributed by atoms with E-state index < -0.39 is 5.82 Å². The highest BCUT2D eigenvalue weighted by molar-refractivity contribution is 6.30. The van der Waals surface area contributed by atoms with Crippen molar-refractivity contribution in [3.05, 3.63) is 69.2 Å². The van der Waals surface area contributed by atoms with Gasteiger partial charge in [-0.15, -0.1) is 0 Å². The smallest absolute Gasteiger partial charge is 0.259 e. The van der Waals surface area contributed by atoms with Crippen LogP contribution in [0.1, 0.15) is 25.4 Å². The molecule has 3 aromatic rings. The molecule has 0 fully saturated rings. The van der Waals surface area contributed by atoms with Crippen LogP contribution >= 0.6 is 11.6 Å². The molecular weight excluding hydrogens is 353 g/mol. The summed E-state index contributed by atoms with van der Waals surface area (Å²) < 4.78 is 14.5. The molecule has 3 rings (SSSR count). The van der Waals surface area contributed by atoms with E-state index in [1.807, 2.05) is 26.8 Å². The monoisotopic (exact) mass is 371 g/mol. The first kappa shape index (κ1) is 18.3. The van der Waals surface area contributed by atoms with Gasteiger partial charge in [-0.2, -0.15) is 0 Å². The molecule has 0 spiro atoms. The Bertz CT molecular complexity index is 1010. The molecule has 0 bridgehead atoms. The maximum Gasteiger partial charge on any atom is 0.259 e. The van der Waals surface area contributed by atoms with Crippen molar-refractivity contribution in [3.63, 3.8) is 0 Å². The molecule has 1 aromatic carbocycles. The van der Waals surface area contributed by atoms with Gasteiger partial charge in [-0.05, 0) is 43.2 Å². The van der Waals surface area contributed by atoms with Crippen molar-refractivity contribution < 1.29 is 4.39 Å². The summed E-state index contributed by atoms with van der Waals surface area (Å²) in [5, 5.41) is 0.272. The molecule has 0 unspecified atom stereocenters. The summed E-state index contributed by atoms with van der Waals surface area (Å²) in [7, 11) is 0. The van der Waals surface area contributed by atoms with Crippen molar-refractivity contribution in [1.82, 2.24) is 15.0 Å². The van der Waals surface area contributed by atoms with E-state index >= 15 is 0 Å². The normalized spacial score (nSPS) is 11.2. The molecule has 0 saturated carbocycles. The number of aromatic nitrogens is 3. The maximum absolute atomic E-state index is 14.5. The summed E-state index contributed by atoms with van der Waals surface area (Å²) in [6.45, 7) is 5.94. The Balaban J connectivity index is 2.30. The number of nitrogens with zero attached hydrogens (tertiary/aromatic N) is 2. The van der Waals surface area contributed by atoms with Crippen molar-refractivity contribution in [1.29, 1.82) is 0 Å². The fraction of sp³-hybridized carbons (Fsp3) is 0.250. The first-order chi connectivity index (χ1) is 12.3. The van der Waals surface area contributed by atoms with Gasteiger partial charge in [-0.1, -0.05) is 25.4 Å². The predicted molar refractivity (Wildman–Crippen MR) is 102 cm³/mol. The highest BCUT2D eigenvalue weighted by Gasteiger charge is 2.19. The SMILES string of the molecule is Cc1cc(-c2nc(CC(C)C)[nH]c(=O)c2-c2ccc(Cl)cc2F)ccn1. The van der Waals surface area contributed by atoms with Gasteiger partial charge >= 0.3 is 0 Å². The van der Waals surface area contributed by atoms with Crippen LogP contribution in [0, 0.1) is 18.7 Å². The second kappa shape index (κ2) is 7.38. The summed E-state index contributed by atoms with van der Waals surface area (Å²) >= 11 is 5.85. The van der Waals surface area contributed by atoms with Crippen LogP contribution in [0.15, 0.2) is 41.3 Å². The number of nitrogens with one attached hydrogen (secondary N) is 1. The Morgan fingerprint density at radius 1 is 1.23 bits per heavy atom. The summed E-state index contributed by atoms with van der Waals surface area (Å²) in [5.74, 6) is 0.337. The number of hydrogen-bond donors (Lipinski definition) is 1. The zero-order chi connectivity index (χ0) is 18.8. The molecule has 0 amide bonds. The number of hydrogen-bond acceptors (Lipinski definition) is 3. The molecule has 0 saturated heterocycles. The molecule has 2 heterocycles. The fourth-order valence-corrected chi connectivity index (χ4v) is 3.01. The molecule has 134 valence electrons. The van der Waals surface area contributed by atoms with Crippen molar-refractivity contribution in [2.24, 2.45) is 5.92 Å². The highest BCUT2D eigenvalue weighted by Crippen LogP contribution is 2.31. The Morgan fingerprint density at radius 3 is 2.65 bits per heavy atom. The zero-order valence-electron chi connectivity index (χ0n) is 14.8. The average molecular weight is 372 g/mol. The number of H-pyrrole nitrogens is 1. The number of benzene rings is 1. The van der Waals surface area contributed by atoms with Crippen LogP contribution in [0.25, 0.3) is 22.4 Å². The molecule has 0 atom stereocenters. The van der Waals surface area contributed by atoms with Gasteiger partial charge in [0.25, 0.3) is 5.56 Å². The van der Waals surface area contributed by atoms with Gasteiger partial charge in [0.1, 0.15) is 11.6 Å². The molecule has 6 heteroatoms. The van der Waals surface area contributed by atoms with Gasteiger partial charge in [-0.3, -0.25) is 9.78 Å². The lowest BCUT2D eigenvalue weighted by Crippen LogP contribution is -2.17. The largest absolute Gasteiger partial charge is 0.310 e. The van der Waals surface area contributed by atoms with Crippen LogP contribution in [0.3, 0.4) is 0 Å². The topological polar surface area (TPSA) is 58.6 Å². The first-order valence-corrected chi connectivity index (χ1v) is 8.74. The third-order valence-corrected chi connectivity index (χ3v) is 4.18. The maximum atomic E-state index is 14.5. The van der Waals surface area contributed by atoms with Crippen LogP contribution in [0.4, 0.5) is 4.39 Å². The van der Waals surface area contributed by atoms with Gasteiger partial charge < -0.3 is 4.98 Å². The molecule has 26 heavy (non-hydrogen) atoms. The van der Waals surface area contributed by atoms with Gasteiger partial charge in [0, 0.05) is 34.5 Å². The summed E-state index contributed by atoms with van der Waals surface area (Å²) in [5.41, 5.74) is 1.94. The van der Waals surface area contributed by atoms with Gasteiger partial charge in [0.05, 0.1) is 11.3 Å². The van der Waals surface area contributed by atoms with Gasteiger partial charge in [-0.25, -0.2) is 9.37 Å². The second-order valence-corrected chi connectivity index (χ2v) is 7.08. The van der Waals surface area contributed by atoms with Crippen LogP contribution in [0.2, 0.25) is 5.02 Å². The molecular formula is C20H19ClFN3O. The molecule has 0 aliphatic heterocycles. The minimum atomic E-state index is -0.562. The zero-order valence-corrected chi connectivity index (χ0v) is 15.6. The minimum Gasteiger partial charge on any atom is -0.310 e. The standard InChI is InChI=1S/C20H19ClFN3O/c1-11(2)8-17-24-19(13-6-7-23-12(3)9-13)18(20(26)25-17)15-5-4-14(21)10-16(15)22/h4-7,9-11H,8H2,1-3H3,(H,24,25,26). The summed E-state index contributed by atoms with van der Waals surface area (Å²) in [4.78, 5) is 24.4. The molecule has 1 N–H and O–H groups in total. The molecule has 0 radical (unpaired) electrons. The lowest BCUT2D eigenvalue weighted by molar-refractivity contribution is 0.618. The average Bonchev–Trinajstić information content (AvgIpc) is 2.55. The van der Waals surface area contributed by atoms with Gasteiger partial charge in [0.2, 0.25) is 0 Å². The summed E-state index contributed by atoms with van der Waals surface area (Å²) in [6.07, 6.45) is 2.27. The number of aromatic amines is 1. The Kier molecular flexibility index (Phi) is 5.18. The van der Waals surface area contributed by atoms with Gasteiger partial charge in [0.15, 0.2) is 0 Å². The predicted octanol–water partition coefficient (Wildman–Crippen LogP) is 4.80. The number of rotatable bonds is 4. The van der Waals surface area contributed by atoms with Crippen molar-refractivity contribution in [2.75, 3.05) is 0 Å². The van der Waals surface area contributed by atoms with E-state index in [9.17, 15) is 9.18 Å². The number of pyridine rings is 1. The van der Waals surface area contributed by atoms with E-state index in [1.54, 1.807) is 18.3 Å².